The summed E-state index contributed by atoms with van der Waals surface area (Å²) in [6, 6.07) is 0. The molecule has 2 N–H and O–H groups in total. The van der Waals surface area contributed by atoms with E-state index in [-0.39, 0.29) is 29.0 Å². The van der Waals surface area contributed by atoms with Crippen LogP contribution in [0.15, 0.2) is 11.6 Å². The molecule has 0 heterocycles. The van der Waals surface area contributed by atoms with Crippen molar-refractivity contribution in [2.24, 2.45) is 28.6 Å². The number of carbonyl (C=O) groups excluding carboxylic acids is 1. The average molecular weight is 334 g/mol. The predicted octanol–water partition coefficient (Wildman–Crippen LogP) is 3.58. The SMILES string of the molecule is CC(C)C1(O)C=C2C(=O)CC3C(C)(C(=O)O)CCCC3(C)C2CC1. The number of carbonyl (C=O) groups is 2. The number of ketones is 1. The van der Waals surface area contributed by atoms with Crippen LogP contribution in [0.5, 0.6) is 0 Å². The number of allylic oxidation sites excluding steroid dienone is 1. The highest BCUT2D eigenvalue weighted by Gasteiger charge is 2.60. The van der Waals surface area contributed by atoms with Crippen molar-refractivity contribution >= 4 is 11.8 Å². The minimum atomic E-state index is -0.907. The first kappa shape index (κ1) is 17.7. The zero-order valence-electron chi connectivity index (χ0n) is 15.3. The van der Waals surface area contributed by atoms with Crippen LogP contribution in [-0.2, 0) is 9.59 Å². The summed E-state index contributed by atoms with van der Waals surface area (Å²) in [6.45, 7) is 7.98. The van der Waals surface area contributed by atoms with Crippen molar-refractivity contribution in [2.75, 3.05) is 0 Å². The third-order valence-corrected chi connectivity index (χ3v) is 7.59. The smallest absolute Gasteiger partial charge is 0.309 e. The molecule has 24 heavy (non-hydrogen) atoms. The number of aliphatic hydroxyl groups is 1. The minimum Gasteiger partial charge on any atom is -0.481 e. The molecule has 3 aliphatic rings. The van der Waals surface area contributed by atoms with E-state index >= 15 is 0 Å². The summed E-state index contributed by atoms with van der Waals surface area (Å²) in [7, 11) is 0. The Bertz CT molecular complexity index is 607. The molecule has 134 valence electrons. The molecule has 3 rings (SSSR count). The highest BCUT2D eigenvalue weighted by molar-refractivity contribution is 5.98. The van der Waals surface area contributed by atoms with Crippen LogP contribution >= 0.6 is 0 Å². The van der Waals surface area contributed by atoms with Gasteiger partial charge in [-0.25, -0.2) is 0 Å². The van der Waals surface area contributed by atoms with E-state index in [0.717, 1.165) is 24.8 Å². The first-order chi connectivity index (χ1) is 11.0. The van der Waals surface area contributed by atoms with Gasteiger partial charge in [0.15, 0.2) is 5.78 Å². The van der Waals surface area contributed by atoms with E-state index in [1.165, 1.54) is 0 Å². The maximum atomic E-state index is 12.9. The van der Waals surface area contributed by atoms with Gasteiger partial charge in [-0.1, -0.05) is 27.2 Å². The molecule has 5 unspecified atom stereocenters. The first-order valence-electron chi connectivity index (χ1n) is 9.26. The molecular weight excluding hydrogens is 304 g/mol. The maximum absolute atomic E-state index is 12.9. The molecule has 4 heteroatoms. The summed E-state index contributed by atoms with van der Waals surface area (Å²) in [4.78, 5) is 24.8. The molecule has 5 atom stereocenters. The van der Waals surface area contributed by atoms with Gasteiger partial charge in [-0.15, -0.1) is 0 Å². The van der Waals surface area contributed by atoms with E-state index in [4.69, 9.17) is 0 Å². The van der Waals surface area contributed by atoms with Gasteiger partial charge in [-0.3, -0.25) is 9.59 Å². The van der Waals surface area contributed by atoms with Crippen LogP contribution in [-0.4, -0.2) is 27.6 Å². The quantitative estimate of drug-likeness (QED) is 0.809. The van der Waals surface area contributed by atoms with Crippen LogP contribution in [0.3, 0.4) is 0 Å². The highest BCUT2D eigenvalue weighted by Crippen LogP contribution is 2.62. The van der Waals surface area contributed by atoms with Crippen LogP contribution in [0.2, 0.25) is 0 Å². The van der Waals surface area contributed by atoms with Gasteiger partial charge >= 0.3 is 5.97 Å². The van der Waals surface area contributed by atoms with Crippen molar-refractivity contribution in [1.29, 1.82) is 0 Å². The third-order valence-electron chi connectivity index (χ3n) is 7.59. The second kappa shape index (κ2) is 5.42. The lowest BCUT2D eigenvalue weighted by atomic mass is 9.45. The van der Waals surface area contributed by atoms with Gasteiger partial charge in [0.1, 0.15) is 0 Å². The molecule has 0 spiro atoms. The van der Waals surface area contributed by atoms with E-state index in [9.17, 15) is 19.8 Å². The van der Waals surface area contributed by atoms with E-state index in [0.29, 0.717) is 19.3 Å². The van der Waals surface area contributed by atoms with Crippen molar-refractivity contribution in [3.63, 3.8) is 0 Å². The molecule has 2 saturated carbocycles. The summed E-state index contributed by atoms with van der Waals surface area (Å²) < 4.78 is 0. The summed E-state index contributed by atoms with van der Waals surface area (Å²) in [5.41, 5.74) is -1.12. The molecule has 4 nitrogen and oxygen atoms in total. The zero-order valence-corrected chi connectivity index (χ0v) is 15.3. The number of hydrogen-bond donors (Lipinski definition) is 2. The molecule has 2 fully saturated rings. The van der Waals surface area contributed by atoms with Gasteiger partial charge in [0.2, 0.25) is 0 Å². The average Bonchev–Trinajstić information content (AvgIpc) is 2.49. The Balaban J connectivity index is 2.05. The lowest BCUT2D eigenvalue weighted by molar-refractivity contribution is -0.166. The summed E-state index contributed by atoms with van der Waals surface area (Å²) in [5.74, 6) is -0.679. The lowest BCUT2D eigenvalue weighted by Crippen LogP contribution is -2.57. The first-order valence-corrected chi connectivity index (χ1v) is 9.26. The Morgan fingerprint density at radius 2 is 1.92 bits per heavy atom. The second-order valence-corrected chi connectivity index (χ2v) is 9.10. The number of carboxylic acid groups (broad SMARTS) is 1. The largest absolute Gasteiger partial charge is 0.481 e. The summed E-state index contributed by atoms with van der Waals surface area (Å²) in [5, 5.41) is 20.7. The van der Waals surface area contributed by atoms with Crippen LogP contribution in [0.1, 0.15) is 66.2 Å². The standard InChI is InChI=1S/C20H30O4/c1-12(2)20(24)9-6-14-13(11-20)15(21)10-16-18(14,3)7-5-8-19(16,4)17(22)23/h11-12,14,16,24H,5-10H2,1-4H3,(H,22,23). The number of aliphatic carboxylic acids is 1. The Labute approximate surface area is 144 Å². The number of hydrogen-bond acceptors (Lipinski definition) is 3. The van der Waals surface area contributed by atoms with Gasteiger partial charge in [0.25, 0.3) is 0 Å². The van der Waals surface area contributed by atoms with Crippen molar-refractivity contribution < 1.29 is 19.8 Å². The van der Waals surface area contributed by atoms with Crippen molar-refractivity contribution in [3.8, 4) is 0 Å². The molecular formula is C20H30O4. The molecule has 0 saturated heterocycles. The molecule has 0 bridgehead atoms. The lowest BCUT2D eigenvalue weighted by Gasteiger charge is -2.58. The van der Waals surface area contributed by atoms with Crippen molar-refractivity contribution in [1.82, 2.24) is 0 Å². The monoisotopic (exact) mass is 334 g/mol. The van der Waals surface area contributed by atoms with Crippen LogP contribution in [0.25, 0.3) is 0 Å². The number of Topliss-reactive ketones (excluding diaryl/α,β-unsaturated/α-hetero) is 1. The van der Waals surface area contributed by atoms with Crippen LogP contribution in [0.4, 0.5) is 0 Å². The van der Waals surface area contributed by atoms with Gasteiger partial charge in [-0.2, -0.15) is 0 Å². The topological polar surface area (TPSA) is 74.6 Å². The zero-order chi connectivity index (χ0) is 17.9. The third kappa shape index (κ3) is 2.29. The Morgan fingerprint density at radius 1 is 1.25 bits per heavy atom. The molecule has 0 radical (unpaired) electrons. The second-order valence-electron chi connectivity index (χ2n) is 9.10. The normalized spacial score (nSPS) is 45.4. The van der Waals surface area contributed by atoms with Gasteiger partial charge < -0.3 is 10.2 Å². The number of carboxylic acids is 1. The van der Waals surface area contributed by atoms with Gasteiger partial charge in [0.05, 0.1) is 11.0 Å². The van der Waals surface area contributed by atoms with Crippen molar-refractivity contribution in [2.45, 2.75) is 71.8 Å². The summed E-state index contributed by atoms with van der Waals surface area (Å²) in [6.07, 6.45) is 6.06. The molecule has 3 aliphatic carbocycles. The Morgan fingerprint density at radius 3 is 2.50 bits per heavy atom. The molecule has 0 aromatic carbocycles. The Hall–Kier alpha value is -1.16. The predicted molar refractivity (Wildman–Crippen MR) is 91.4 cm³/mol. The van der Waals surface area contributed by atoms with Gasteiger partial charge in [-0.05, 0) is 67.4 Å². The fraction of sp³-hybridized carbons (Fsp3) is 0.800. The Kier molecular flexibility index (Phi) is 3.99. The molecule has 0 aliphatic heterocycles. The summed E-state index contributed by atoms with van der Waals surface area (Å²) >= 11 is 0. The molecule has 0 amide bonds. The molecule has 0 aromatic heterocycles. The van der Waals surface area contributed by atoms with Crippen LogP contribution < -0.4 is 0 Å². The van der Waals surface area contributed by atoms with E-state index in [1.54, 1.807) is 0 Å². The molecule has 0 aromatic rings. The van der Waals surface area contributed by atoms with Gasteiger partial charge in [0, 0.05) is 6.42 Å². The fourth-order valence-corrected chi connectivity index (χ4v) is 5.74. The van der Waals surface area contributed by atoms with E-state index < -0.39 is 17.0 Å². The fourth-order valence-electron chi connectivity index (χ4n) is 5.74. The van der Waals surface area contributed by atoms with Crippen LogP contribution in [0, 0.1) is 28.6 Å². The maximum Gasteiger partial charge on any atom is 0.309 e. The van der Waals surface area contributed by atoms with E-state index in [1.807, 2.05) is 26.8 Å². The number of fused-ring (bicyclic) bond motifs is 3. The number of rotatable bonds is 2. The van der Waals surface area contributed by atoms with E-state index in [2.05, 4.69) is 6.92 Å². The highest BCUT2D eigenvalue weighted by atomic mass is 16.4. The van der Waals surface area contributed by atoms with Crippen molar-refractivity contribution in [3.05, 3.63) is 11.6 Å². The minimum absolute atomic E-state index is 0.0515.